The minimum atomic E-state index is 0.342. The van der Waals surface area contributed by atoms with Crippen molar-refractivity contribution in [2.45, 2.75) is 47.3 Å². The van der Waals surface area contributed by atoms with Gasteiger partial charge in [-0.25, -0.2) is 0 Å². The highest BCUT2D eigenvalue weighted by Crippen LogP contribution is 2.52. The summed E-state index contributed by atoms with van der Waals surface area (Å²) < 4.78 is 0. The van der Waals surface area contributed by atoms with Gasteiger partial charge in [0.15, 0.2) is 6.71 Å². The molecule has 1 aromatic carbocycles. The van der Waals surface area contributed by atoms with Crippen LogP contribution in [-0.2, 0) is 0 Å². The maximum atomic E-state index is 10.7. The van der Waals surface area contributed by atoms with Crippen LogP contribution in [0.15, 0.2) is 23.4 Å². The lowest BCUT2D eigenvalue weighted by Crippen LogP contribution is -2.30. The molecular weight excluding hydrogens is 221 g/mol. The van der Waals surface area contributed by atoms with E-state index in [4.69, 9.17) is 0 Å². The normalized spacial score (nSPS) is 21.1. The summed E-state index contributed by atoms with van der Waals surface area (Å²) in [7, 11) is 0. The SMILES string of the molecule is Cc1ccc(N=O)cc1B1CC(C)(C)C(C)(C)C1. The van der Waals surface area contributed by atoms with Crippen molar-refractivity contribution in [2.24, 2.45) is 16.0 Å². The molecule has 0 spiro atoms. The zero-order valence-electron chi connectivity index (χ0n) is 12.1. The Morgan fingerprint density at radius 1 is 1.11 bits per heavy atom. The Bertz CT molecular complexity index is 463. The highest BCUT2D eigenvalue weighted by molar-refractivity contribution is 6.74. The van der Waals surface area contributed by atoms with E-state index in [1.807, 2.05) is 12.1 Å². The number of rotatable bonds is 2. The van der Waals surface area contributed by atoms with Gasteiger partial charge in [-0.05, 0) is 35.1 Å². The molecule has 1 aliphatic heterocycles. The predicted octanol–water partition coefficient (Wildman–Crippen LogP) is 4.16. The molecule has 0 aromatic heterocycles. The molecule has 0 unspecified atom stereocenters. The van der Waals surface area contributed by atoms with Gasteiger partial charge in [0.2, 0.25) is 0 Å². The summed E-state index contributed by atoms with van der Waals surface area (Å²) in [5.41, 5.74) is 3.83. The summed E-state index contributed by atoms with van der Waals surface area (Å²) in [5.74, 6) is 0. The maximum Gasteiger partial charge on any atom is 0.177 e. The molecule has 0 amide bonds. The monoisotopic (exact) mass is 243 g/mol. The van der Waals surface area contributed by atoms with E-state index in [1.165, 1.54) is 23.7 Å². The minimum absolute atomic E-state index is 0.342. The van der Waals surface area contributed by atoms with E-state index in [1.54, 1.807) is 6.07 Å². The van der Waals surface area contributed by atoms with E-state index >= 15 is 0 Å². The van der Waals surface area contributed by atoms with Crippen LogP contribution in [0.3, 0.4) is 0 Å². The van der Waals surface area contributed by atoms with Gasteiger partial charge in [-0.3, -0.25) is 0 Å². The fourth-order valence-corrected chi connectivity index (χ4v) is 3.20. The maximum absolute atomic E-state index is 10.7. The average Bonchev–Trinajstić information content (AvgIpc) is 2.48. The summed E-state index contributed by atoms with van der Waals surface area (Å²) in [6.07, 6.45) is 2.37. The molecular formula is C15H22BNO. The second-order valence-corrected chi connectivity index (χ2v) is 7.01. The first-order valence-electron chi connectivity index (χ1n) is 6.71. The number of hydrogen-bond acceptors (Lipinski definition) is 2. The summed E-state index contributed by atoms with van der Waals surface area (Å²) >= 11 is 0. The van der Waals surface area contributed by atoms with Crippen molar-refractivity contribution in [3.8, 4) is 0 Å². The van der Waals surface area contributed by atoms with Crippen molar-refractivity contribution in [1.82, 2.24) is 0 Å². The highest BCUT2D eigenvalue weighted by atomic mass is 16.3. The molecule has 0 atom stereocenters. The molecule has 96 valence electrons. The molecule has 3 heteroatoms. The van der Waals surface area contributed by atoms with Crippen molar-refractivity contribution in [3.63, 3.8) is 0 Å². The van der Waals surface area contributed by atoms with Gasteiger partial charge in [0.25, 0.3) is 0 Å². The Labute approximate surface area is 110 Å². The van der Waals surface area contributed by atoms with E-state index in [0.717, 1.165) is 0 Å². The quantitative estimate of drug-likeness (QED) is 0.566. The molecule has 0 bridgehead atoms. The predicted molar refractivity (Wildman–Crippen MR) is 79.2 cm³/mol. The minimum Gasteiger partial charge on any atom is -0.145 e. The number of nitrogens with zero attached hydrogens (tertiary/aromatic N) is 1. The van der Waals surface area contributed by atoms with Gasteiger partial charge in [0.05, 0.1) is 0 Å². The van der Waals surface area contributed by atoms with Crippen molar-refractivity contribution < 1.29 is 0 Å². The second-order valence-electron chi connectivity index (χ2n) is 7.01. The molecule has 0 N–H and O–H groups in total. The molecule has 1 fully saturated rings. The van der Waals surface area contributed by atoms with E-state index in [-0.39, 0.29) is 0 Å². The van der Waals surface area contributed by atoms with Crippen LogP contribution in [0.25, 0.3) is 0 Å². The van der Waals surface area contributed by atoms with Gasteiger partial charge in [-0.1, -0.05) is 57.4 Å². The highest BCUT2D eigenvalue weighted by Gasteiger charge is 2.48. The second kappa shape index (κ2) is 4.22. The lowest BCUT2D eigenvalue weighted by molar-refractivity contribution is 0.177. The number of benzene rings is 1. The van der Waals surface area contributed by atoms with Gasteiger partial charge in [-0.2, -0.15) is 0 Å². The Hall–Kier alpha value is -1.12. The topological polar surface area (TPSA) is 29.4 Å². The summed E-state index contributed by atoms with van der Waals surface area (Å²) in [6.45, 7) is 12.1. The van der Waals surface area contributed by atoms with Crippen LogP contribution in [0.2, 0.25) is 12.6 Å². The van der Waals surface area contributed by atoms with Crippen LogP contribution in [-0.4, -0.2) is 6.71 Å². The van der Waals surface area contributed by atoms with Gasteiger partial charge in [0.1, 0.15) is 5.69 Å². The molecule has 1 aromatic rings. The first-order valence-corrected chi connectivity index (χ1v) is 6.71. The fourth-order valence-electron chi connectivity index (χ4n) is 3.20. The Kier molecular flexibility index (Phi) is 3.12. The van der Waals surface area contributed by atoms with E-state index < -0.39 is 0 Å². The van der Waals surface area contributed by atoms with Crippen molar-refractivity contribution in [3.05, 3.63) is 28.7 Å². The van der Waals surface area contributed by atoms with E-state index in [0.29, 0.717) is 23.2 Å². The van der Waals surface area contributed by atoms with Gasteiger partial charge < -0.3 is 0 Å². The Balaban J connectivity index is 2.37. The standard InChI is InChI=1S/C15H22BNO/c1-11-6-7-12(17-18)8-13(11)16-9-14(2,3)15(4,5)10-16/h6-8H,9-10H2,1-5H3. The van der Waals surface area contributed by atoms with Crippen LogP contribution in [0.4, 0.5) is 5.69 Å². The molecule has 2 nitrogen and oxygen atoms in total. The molecule has 1 heterocycles. The number of nitroso groups, excluding NO2 is 1. The molecule has 1 saturated heterocycles. The molecule has 0 aliphatic carbocycles. The zero-order chi connectivity index (χ0) is 13.6. The number of aryl methyl sites for hydroxylation is 1. The summed E-state index contributed by atoms with van der Waals surface area (Å²) in [6, 6.07) is 5.80. The van der Waals surface area contributed by atoms with Gasteiger partial charge >= 0.3 is 0 Å². The average molecular weight is 243 g/mol. The van der Waals surface area contributed by atoms with Crippen molar-refractivity contribution in [2.75, 3.05) is 0 Å². The molecule has 18 heavy (non-hydrogen) atoms. The Morgan fingerprint density at radius 2 is 1.67 bits per heavy atom. The third-order valence-electron chi connectivity index (χ3n) is 5.15. The molecule has 0 saturated carbocycles. The summed E-state index contributed by atoms with van der Waals surface area (Å²) in [5, 5.41) is 3.07. The smallest absolute Gasteiger partial charge is 0.145 e. The lowest BCUT2D eigenvalue weighted by atomic mass is 9.41. The largest absolute Gasteiger partial charge is 0.177 e. The zero-order valence-corrected chi connectivity index (χ0v) is 12.1. The van der Waals surface area contributed by atoms with Crippen molar-refractivity contribution in [1.29, 1.82) is 0 Å². The van der Waals surface area contributed by atoms with Crippen LogP contribution in [0, 0.1) is 22.7 Å². The van der Waals surface area contributed by atoms with E-state index in [9.17, 15) is 4.91 Å². The molecule has 1 aliphatic rings. The molecule has 0 radical (unpaired) electrons. The van der Waals surface area contributed by atoms with Crippen LogP contribution < -0.4 is 5.46 Å². The van der Waals surface area contributed by atoms with Crippen LogP contribution in [0.5, 0.6) is 0 Å². The first kappa shape index (κ1) is 13.3. The van der Waals surface area contributed by atoms with Crippen molar-refractivity contribution >= 4 is 17.9 Å². The molecule has 2 rings (SSSR count). The third kappa shape index (κ3) is 2.11. The van der Waals surface area contributed by atoms with Crippen LogP contribution in [0.1, 0.15) is 33.3 Å². The third-order valence-corrected chi connectivity index (χ3v) is 5.15. The number of hydrogen-bond donors (Lipinski definition) is 0. The fraction of sp³-hybridized carbons (Fsp3) is 0.600. The first-order chi connectivity index (χ1) is 8.27. The van der Waals surface area contributed by atoms with E-state index in [2.05, 4.69) is 39.8 Å². The van der Waals surface area contributed by atoms with Crippen LogP contribution >= 0.6 is 0 Å². The van der Waals surface area contributed by atoms with Gasteiger partial charge in [-0.15, -0.1) is 4.91 Å². The summed E-state index contributed by atoms with van der Waals surface area (Å²) in [4.78, 5) is 10.7. The van der Waals surface area contributed by atoms with Gasteiger partial charge in [0, 0.05) is 0 Å². The Morgan fingerprint density at radius 3 is 2.17 bits per heavy atom. The lowest BCUT2D eigenvalue weighted by Gasteiger charge is -2.35.